The van der Waals surface area contributed by atoms with E-state index < -0.39 is 0 Å². The number of anilines is 1. The van der Waals surface area contributed by atoms with Crippen LogP contribution < -0.4 is 20.5 Å². The fourth-order valence-electron chi connectivity index (χ4n) is 2.14. The lowest BCUT2D eigenvalue weighted by Crippen LogP contribution is -2.19. The molecule has 0 saturated carbocycles. The summed E-state index contributed by atoms with van der Waals surface area (Å²) in [6.07, 6.45) is 1.96. The molecule has 0 bridgehead atoms. The maximum atomic E-state index is 5.57. The Labute approximate surface area is 95.7 Å². The van der Waals surface area contributed by atoms with Gasteiger partial charge in [-0.25, -0.2) is 0 Å². The molecule has 1 unspecified atom stereocenters. The van der Waals surface area contributed by atoms with Crippen LogP contribution in [-0.2, 0) is 6.42 Å². The van der Waals surface area contributed by atoms with Gasteiger partial charge in [0.2, 0.25) is 0 Å². The second kappa shape index (κ2) is 4.61. The van der Waals surface area contributed by atoms with E-state index in [9.17, 15) is 0 Å². The smallest absolute Gasteiger partial charge is 0.145 e. The zero-order valence-corrected chi connectivity index (χ0v) is 9.75. The summed E-state index contributed by atoms with van der Waals surface area (Å²) in [6.45, 7) is 0.700. The van der Waals surface area contributed by atoms with Gasteiger partial charge in [0.15, 0.2) is 0 Å². The van der Waals surface area contributed by atoms with E-state index in [-0.39, 0.29) is 0 Å². The summed E-state index contributed by atoms with van der Waals surface area (Å²) in [4.78, 5) is 0. The number of fused-ring (bicyclic) bond motifs is 1. The van der Waals surface area contributed by atoms with Crippen molar-refractivity contribution < 1.29 is 9.47 Å². The molecular weight excluding hydrogens is 204 g/mol. The van der Waals surface area contributed by atoms with Crippen molar-refractivity contribution in [2.75, 3.05) is 26.1 Å². The van der Waals surface area contributed by atoms with Gasteiger partial charge in [-0.1, -0.05) is 0 Å². The van der Waals surface area contributed by atoms with E-state index >= 15 is 0 Å². The predicted molar refractivity (Wildman–Crippen MR) is 64.3 cm³/mol. The lowest BCUT2D eigenvalue weighted by atomic mass is 10.1. The quantitative estimate of drug-likeness (QED) is 0.808. The first kappa shape index (κ1) is 11.1. The zero-order valence-electron chi connectivity index (χ0n) is 9.75. The lowest BCUT2D eigenvalue weighted by molar-refractivity contribution is 0.395. The van der Waals surface area contributed by atoms with Gasteiger partial charge >= 0.3 is 0 Å². The molecule has 1 aromatic carbocycles. The molecule has 1 aliphatic rings. The van der Waals surface area contributed by atoms with Crippen molar-refractivity contribution in [3.63, 3.8) is 0 Å². The molecule has 1 atom stereocenters. The van der Waals surface area contributed by atoms with E-state index in [1.165, 1.54) is 5.56 Å². The molecule has 0 radical (unpaired) electrons. The van der Waals surface area contributed by atoms with E-state index in [0.717, 1.165) is 30.0 Å². The first-order chi connectivity index (χ1) is 7.78. The molecule has 1 aromatic rings. The first-order valence-electron chi connectivity index (χ1n) is 5.50. The minimum atomic E-state index is 0.418. The standard InChI is InChI=1S/C12H18N2O2/c1-15-10-6-8-5-9(3-4-13)14-12(8)11(7-10)16-2/h6-7,9,14H,3-5,13H2,1-2H3. The molecule has 4 heteroatoms. The number of methoxy groups -OCH3 is 2. The van der Waals surface area contributed by atoms with Crippen molar-refractivity contribution in [2.45, 2.75) is 18.9 Å². The van der Waals surface area contributed by atoms with Gasteiger partial charge in [-0.3, -0.25) is 0 Å². The van der Waals surface area contributed by atoms with Crippen molar-refractivity contribution in [1.82, 2.24) is 0 Å². The molecule has 0 amide bonds. The van der Waals surface area contributed by atoms with Crippen LogP contribution in [0, 0.1) is 0 Å². The fourth-order valence-corrected chi connectivity index (χ4v) is 2.14. The van der Waals surface area contributed by atoms with Crippen molar-refractivity contribution >= 4 is 5.69 Å². The summed E-state index contributed by atoms with van der Waals surface area (Å²) in [5.41, 5.74) is 7.90. The van der Waals surface area contributed by atoms with Crippen LogP contribution in [0.5, 0.6) is 11.5 Å². The number of ether oxygens (including phenoxy) is 2. The van der Waals surface area contributed by atoms with Gasteiger partial charge in [0.05, 0.1) is 19.9 Å². The number of hydrogen-bond donors (Lipinski definition) is 2. The molecule has 0 aromatic heterocycles. The predicted octanol–water partition coefficient (Wildman–Crippen LogP) is 1.39. The van der Waals surface area contributed by atoms with E-state index in [4.69, 9.17) is 15.2 Å². The van der Waals surface area contributed by atoms with Crippen LogP contribution in [0.25, 0.3) is 0 Å². The third-order valence-electron chi connectivity index (χ3n) is 2.94. The minimum Gasteiger partial charge on any atom is -0.497 e. The molecule has 88 valence electrons. The summed E-state index contributed by atoms with van der Waals surface area (Å²) in [6, 6.07) is 4.37. The number of hydrogen-bond acceptors (Lipinski definition) is 4. The van der Waals surface area contributed by atoms with Gasteiger partial charge in [0, 0.05) is 12.1 Å². The Hall–Kier alpha value is -1.42. The second-order valence-corrected chi connectivity index (χ2v) is 3.99. The molecule has 16 heavy (non-hydrogen) atoms. The van der Waals surface area contributed by atoms with Crippen molar-refractivity contribution in [3.05, 3.63) is 17.7 Å². The van der Waals surface area contributed by atoms with Gasteiger partial charge < -0.3 is 20.5 Å². The number of benzene rings is 1. The van der Waals surface area contributed by atoms with Gasteiger partial charge in [-0.15, -0.1) is 0 Å². The summed E-state index contributed by atoms with van der Waals surface area (Å²) >= 11 is 0. The first-order valence-corrected chi connectivity index (χ1v) is 5.50. The highest BCUT2D eigenvalue weighted by atomic mass is 16.5. The van der Waals surface area contributed by atoms with E-state index in [1.54, 1.807) is 14.2 Å². The maximum Gasteiger partial charge on any atom is 0.145 e. The molecular formula is C12H18N2O2. The van der Waals surface area contributed by atoms with Crippen LogP contribution in [0.1, 0.15) is 12.0 Å². The van der Waals surface area contributed by atoms with E-state index in [1.807, 2.05) is 6.07 Å². The second-order valence-electron chi connectivity index (χ2n) is 3.99. The highest BCUT2D eigenvalue weighted by molar-refractivity contribution is 5.68. The fraction of sp³-hybridized carbons (Fsp3) is 0.500. The Kier molecular flexibility index (Phi) is 3.19. The van der Waals surface area contributed by atoms with Crippen LogP contribution in [0.3, 0.4) is 0 Å². The average Bonchev–Trinajstić information content (AvgIpc) is 2.70. The minimum absolute atomic E-state index is 0.418. The lowest BCUT2D eigenvalue weighted by Gasteiger charge is -2.11. The Morgan fingerprint density at radius 2 is 2.19 bits per heavy atom. The highest BCUT2D eigenvalue weighted by Gasteiger charge is 2.24. The van der Waals surface area contributed by atoms with E-state index in [0.29, 0.717) is 12.6 Å². The summed E-state index contributed by atoms with van der Waals surface area (Å²) in [5, 5.41) is 3.45. The van der Waals surface area contributed by atoms with Gasteiger partial charge in [0.25, 0.3) is 0 Å². The Bertz CT molecular complexity index is 380. The molecule has 3 N–H and O–H groups in total. The maximum absolute atomic E-state index is 5.57. The van der Waals surface area contributed by atoms with Crippen molar-refractivity contribution in [3.8, 4) is 11.5 Å². The summed E-state index contributed by atoms with van der Waals surface area (Å²) in [7, 11) is 3.34. The van der Waals surface area contributed by atoms with Gasteiger partial charge in [-0.05, 0) is 31.0 Å². The Morgan fingerprint density at radius 3 is 2.81 bits per heavy atom. The number of rotatable bonds is 4. The van der Waals surface area contributed by atoms with Crippen LogP contribution in [0.2, 0.25) is 0 Å². The average molecular weight is 222 g/mol. The van der Waals surface area contributed by atoms with Crippen molar-refractivity contribution in [1.29, 1.82) is 0 Å². The van der Waals surface area contributed by atoms with Crippen LogP contribution in [0.15, 0.2) is 12.1 Å². The Morgan fingerprint density at radius 1 is 1.38 bits per heavy atom. The van der Waals surface area contributed by atoms with Crippen LogP contribution >= 0.6 is 0 Å². The third kappa shape index (κ3) is 1.93. The van der Waals surface area contributed by atoms with Crippen LogP contribution in [0.4, 0.5) is 5.69 Å². The normalized spacial score (nSPS) is 17.8. The number of nitrogens with one attached hydrogen (secondary N) is 1. The molecule has 1 aliphatic heterocycles. The summed E-state index contributed by atoms with van der Waals surface area (Å²) < 4.78 is 10.6. The SMILES string of the molecule is COc1cc2c(c(OC)c1)NC(CCN)C2. The van der Waals surface area contributed by atoms with Crippen LogP contribution in [-0.4, -0.2) is 26.8 Å². The molecule has 0 fully saturated rings. The van der Waals surface area contributed by atoms with Gasteiger partial charge in [-0.2, -0.15) is 0 Å². The third-order valence-corrected chi connectivity index (χ3v) is 2.94. The number of nitrogens with two attached hydrogens (primary N) is 1. The van der Waals surface area contributed by atoms with Gasteiger partial charge in [0.1, 0.15) is 11.5 Å². The monoisotopic (exact) mass is 222 g/mol. The van der Waals surface area contributed by atoms with Crippen molar-refractivity contribution in [2.24, 2.45) is 5.73 Å². The molecule has 0 spiro atoms. The Balaban J connectivity index is 2.29. The summed E-state index contributed by atoms with van der Waals surface area (Å²) in [5.74, 6) is 1.68. The molecule has 0 aliphatic carbocycles. The molecule has 1 heterocycles. The van der Waals surface area contributed by atoms with E-state index in [2.05, 4.69) is 11.4 Å². The zero-order chi connectivity index (χ0) is 11.5. The largest absolute Gasteiger partial charge is 0.497 e. The highest BCUT2D eigenvalue weighted by Crippen LogP contribution is 2.39. The molecule has 4 nitrogen and oxygen atoms in total. The molecule has 0 saturated heterocycles. The molecule has 2 rings (SSSR count). The topological polar surface area (TPSA) is 56.5 Å².